The van der Waals surface area contributed by atoms with Crippen molar-refractivity contribution in [3.63, 3.8) is 0 Å². The van der Waals surface area contributed by atoms with Crippen molar-refractivity contribution in [2.75, 3.05) is 11.9 Å². The van der Waals surface area contributed by atoms with Gasteiger partial charge in [-0.1, -0.05) is 50.6 Å². The molecular formula is C26H29N3O3. The second-order valence-corrected chi connectivity index (χ2v) is 8.71. The lowest BCUT2D eigenvalue weighted by Gasteiger charge is -2.23. The van der Waals surface area contributed by atoms with E-state index in [1.54, 1.807) is 30.5 Å². The van der Waals surface area contributed by atoms with Crippen LogP contribution in [0, 0.1) is 6.92 Å². The lowest BCUT2D eigenvalue weighted by Crippen LogP contribution is -2.29. The fourth-order valence-corrected chi connectivity index (χ4v) is 3.16. The summed E-state index contributed by atoms with van der Waals surface area (Å²) >= 11 is 0. The van der Waals surface area contributed by atoms with Crippen LogP contribution >= 0.6 is 0 Å². The molecule has 0 saturated carbocycles. The molecule has 1 aromatic heterocycles. The second kappa shape index (κ2) is 10.1. The van der Waals surface area contributed by atoms with E-state index in [4.69, 9.17) is 4.74 Å². The number of aromatic nitrogens is 1. The molecule has 2 amide bonds. The lowest BCUT2D eigenvalue weighted by atomic mass is 9.85. The quantitative estimate of drug-likeness (QED) is 0.571. The normalized spacial score (nSPS) is 11.0. The summed E-state index contributed by atoms with van der Waals surface area (Å²) in [7, 11) is 0. The molecule has 0 aliphatic rings. The van der Waals surface area contributed by atoms with Crippen LogP contribution in [0.2, 0.25) is 0 Å². The van der Waals surface area contributed by atoms with E-state index in [9.17, 15) is 9.59 Å². The van der Waals surface area contributed by atoms with Crippen LogP contribution in [0.1, 0.15) is 47.8 Å². The van der Waals surface area contributed by atoms with Crippen LogP contribution < -0.4 is 15.4 Å². The minimum Gasteiger partial charge on any atom is -0.483 e. The maximum absolute atomic E-state index is 12.3. The summed E-state index contributed by atoms with van der Waals surface area (Å²) in [5.74, 6) is 0.313. The Kier molecular flexibility index (Phi) is 7.25. The summed E-state index contributed by atoms with van der Waals surface area (Å²) in [5.41, 5.74) is 4.24. The van der Waals surface area contributed by atoms with E-state index in [-0.39, 0.29) is 23.8 Å². The number of benzene rings is 2. The largest absolute Gasteiger partial charge is 0.483 e. The summed E-state index contributed by atoms with van der Waals surface area (Å²) in [6.07, 6.45) is 3.14. The van der Waals surface area contributed by atoms with Gasteiger partial charge in [0.15, 0.2) is 6.61 Å². The Morgan fingerprint density at radius 2 is 1.78 bits per heavy atom. The van der Waals surface area contributed by atoms with Crippen LogP contribution in [-0.4, -0.2) is 23.4 Å². The van der Waals surface area contributed by atoms with Crippen molar-refractivity contribution < 1.29 is 14.3 Å². The zero-order valence-electron chi connectivity index (χ0n) is 18.9. The summed E-state index contributed by atoms with van der Waals surface area (Å²) in [6.45, 7) is 8.73. The topological polar surface area (TPSA) is 80.3 Å². The molecule has 0 fully saturated rings. The van der Waals surface area contributed by atoms with Crippen molar-refractivity contribution in [1.82, 2.24) is 10.3 Å². The minimum atomic E-state index is -0.220. The highest BCUT2D eigenvalue weighted by molar-refractivity contribution is 6.04. The number of carbonyl (C=O) groups excluding carboxylic acids is 2. The Bertz CT molecular complexity index is 1070. The minimum absolute atomic E-state index is 0.0502. The predicted octanol–water partition coefficient (Wildman–Crippen LogP) is 4.64. The fourth-order valence-electron chi connectivity index (χ4n) is 3.16. The number of nitrogens with zero attached hydrogens (tertiary/aromatic N) is 1. The Balaban J connectivity index is 1.50. The van der Waals surface area contributed by atoms with Crippen LogP contribution in [0.25, 0.3) is 0 Å². The second-order valence-electron chi connectivity index (χ2n) is 8.71. The molecule has 3 rings (SSSR count). The van der Waals surface area contributed by atoms with Crippen molar-refractivity contribution in [3.8, 4) is 5.75 Å². The third-order valence-electron chi connectivity index (χ3n) is 4.93. The Hall–Kier alpha value is -3.67. The zero-order valence-corrected chi connectivity index (χ0v) is 18.9. The highest BCUT2D eigenvalue weighted by Gasteiger charge is 2.19. The first kappa shape index (κ1) is 23.0. The molecule has 0 aliphatic carbocycles. The molecule has 0 radical (unpaired) electrons. The number of aryl methyl sites for hydroxylation is 1. The molecule has 0 spiro atoms. The van der Waals surface area contributed by atoms with Crippen molar-refractivity contribution in [3.05, 3.63) is 89.2 Å². The number of amides is 2. The molecule has 2 N–H and O–H groups in total. The third-order valence-corrected chi connectivity index (χ3v) is 4.93. The lowest BCUT2D eigenvalue weighted by molar-refractivity contribution is -0.123. The predicted molar refractivity (Wildman–Crippen MR) is 126 cm³/mol. The SMILES string of the molecule is Cc1ccc(OCC(=O)NCc2ccc(NC(=O)c3cccnc3)cc2)c(C(C)(C)C)c1. The van der Waals surface area contributed by atoms with Crippen molar-refractivity contribution in [1.29, 1.82) is 0 Å². The maximum atomic E-state index is 12.3. The van der Waals surface area contributed by atoms with Crippen LogP contribution in [-0.2, 0) is 16.8 Å². The van der Waals surface area contributed by atoms with Crippen molar-refractivity contribution in [2.24, 2.45) is 0 Å². The molecule has 1 heterocycles. The number of anilines is 1. The number of pyridine rings is 1. The van der Waals surface area contributed by atoms with E-state index in [0.29, 0.717) is 17.8 Å². The zero-order chi connectivity index (χ0) is 23.1. The Morgan fingerprint density at radius 3 is 2.44 bits per heavy atom. The molecular weight excluding hydrogens is 402 g/mol. The van der Waals surface area contributed by atoms with Gasteiger partial charge in [-0.2, -0.15) is 0 Å². The molecule has 166 valence electrons. The summed E-state index contributed by atoms with van der Waals surface area (Å²) in [4.78, 5) is 28.4. The van der Waals surface area contributed by atoms with Crippen LogP contribution in [0.3, 0.4) is 0 Å². The summed E-state index contributed by atoms with van der Waals surface area (Å²) in [6, 6.07) is 16.7. The first-order chi connectivity index (χ1) is 15.2. The molecule has 6 heteroatoms. The van der Waals surface area contributed by atoms with Crippen molar-refractivity contribution in [2.45, 2.75) is 39.7 Å². The van der Waals surface area contributed by atoms with E-state index in [1.807, 2.05) is 31.2 Å². The van der Waals surface area contributed by atoms with E-state index in [0.717, 1.165) is 22.4 Å². The van der Waals surface area contributed by atoms with Gasteiger partial charge in [-0.25, -0.2) is 0 Å². The molecule has 32 heavy (non-hydrogen) atoms. The molecule has 0 unspecified atom stereocenters. The van der Waals surface area contributed by atoms with E-state index in [1.165, 1.54) is 6.20 Å². The van der Waals surface area contributed by atoms with E-state index >= 15 is 0 Å². The summed E-state index contributed by atoms with van der Waals surface area (Å²) in [5, 5.41) is 5.69. The fraction of sp³-hybridized carbons (Fsp3) is 0.269. The maximum Gasteiger partial charge on any atom is 0.258 e. The third kappa shape index (κ3) is 6.41. The van der Waals surface area contributed by atoms with E-state index in [2.05, 4.69) is 42.5 Å². The smallest absolute Gasteiger partial charge is 0.258 e. The monoisotopic (exact) mass is 431 g/mol. The molecule has 3 aromatic rings. The number of rotatable bonds is 7. The standard InChI is InChI=1S/C26H29N3O3/c1-18-7-12-23(22(14-18)26(2,3)4)32-17-24(30)28-15-19-8-10-21(11-9-19)29-25(31)20-6-5-13-27-16-20/h5-14,16H,15,17H2,1-4H3,(H,28,30)(H,29,31). The van der Waals surface area contributed by atoms with Crippen molar-refractivity contribution >= 4 is 17.5 Å². The molecule has 0 aliphatic heterocycles. The molecule has 0 atom stereocenters. The number of hydrogen-bond acceptors (Lipinski definition) is 4. The van der Waals surface area contributed by atoms with Gasteiger partial charge in [0.25, 0.3) is 11.8 Å². The van der Waals surface area contributed by atoms with Gasteiger partial charge >= 0.3 is 0 Å². The van der Waals surface area contributed by atoms with Gasteiger partial charge in [0.05, 0.1) is 5.56 Å². The average Bonchev–Trinajstić information content (AvgIpc) is 2.77. The first-order valence-electron chi connectivity index (χ1n) is 10.5. The van der Waals surface area contributed by atoms with Gasteiger partial charge in [0.1, 0.15) is 5.75 Å². The van der Waals surface area contributed by atoms with Gasteiger partial charge in [-0.05, 0) is 53.8 Å². The average molecular weight is 432 g/mol. The highest BCUT2D eigenvalue weighted by atomic mass is 16.5. The number of nitrogens with one attached hydrogen (secondary N) is 2. The van der Waals surface area contributed by atoms with Crippen LogP contribution in [0.5, 0.6) is 5.75 Å². The molecule has 0 saturated heterocycles. The van der Waals surface area contributed by atoms with Crippen LogP contribution in [0.4, 0.5) is 5.69 Å². The van der Waals surface area contributed by atoms with Gasteiger partial charge < -0.3 is 15.4 Å². The van der Waals surface area contributed by atoms with E-state index < -0.39 is 0 Å². The van der Waals surface area contributed by atoms with Crippen LogP contribution in [0.15, 0.2) is 67.0 Å². The van der Waals surface area contributed by atoms with Gasteiger partial charge in [-0.3, -0.25) is 14.6 Å². The summed E-state index contributed by atoms with van der Waals surface area (Å²) < 4.78 is 5.81. The highest BCUT2D eigenvalue weighted by Crippen LogP contribution is 2.32. The van der Waals surface area contributed by atoms with Gasteiger partial charge in [-0.15, -0.1) is 0 Å². The first-order valence-corrected chi connectivity index (χ1v) is 10.5. The Labute approximate surface area is 189 Å². The molecule has 2 aromatic carbocycles. The number of hydrogen-bond donors (Lipinski definition) is 2. The number of carbonyl (C=O) groups is 2. The Morgan fingerprint density at radius 1 is 1.03 bits per heavy atom. The number of ether oxygens (including phenoxy) is 1. The van der Waals surface area contributed by atoms with Gasteiger partial charge in [0.2, 0.25) is 0 Å². The van der Waals surface area contributed by atoms with Gasteiger partial charge in [0, 0.05) is 24.6 Å². The molecule has 0 bridgehead atoms. The molecule has 6 nitrogen and oxygen atoms in total.